The van der Waals surface area contributed by atoms with Crippen LogP contribution in [0.3, 0.4) is 0 Å². The van der Waals surface area contributed by atoms with Crippen LogP contribution in [0, 0.1) is 10.1 Å². The highest BCUT2D eigenvalue weighted by atomic mass is 32.1. The first kappa shape index (κ1) is 14.0. The largest absolute Gasteiger partial charge is 0.269 e. The van der Waals surface area contributed by atoms with Gasteiger partial charge in [-0.15, -0.1) is 16.5 Å². The molecule has 0 amide bonds. The summed E-state index contributed by atoms with van der Waals surface area (Å²) in [5, 5.41) is 21.0. The Morgan fingerprint density at radius 1 is 1.40 bits per heavy atom. The Labute approximate surface area is 119 Å². The quantitative estimate of drug-likeness (QED) is 0.354. The molecule has 0 atom stereocenters. The SMILES string of the molecule is CC=CCN=Nc1nc(-c2ccc([N+](=O)[O-])cc2)cs1. The molecular weight excluding hydrogens is 276 g/mol. The van der Waals surface area contributed by atoms with Gasteiger partial charge >= 0.3 is 0 Å². The van der Waals surface area contributed by atoms with E-state index in [0.717, 1.165) is 11.3 Å². The second-order valence-electron chi connectivity index (χ2n) is 3.81. The van der Waals surface area contributed by atoms with Crippen LogP contribution in [-0.4, -0.2) is 16.5 Å². The number of hydrogen-bond donors (Lipinski definition) is 0. The van der Waals surface area contributed by atoms with Crippen molar-refractivity contribution in [3.8, 4) is 11.3 Å². The van der Waals surface area contributed by atoms with E-state index in [2.05, 4.69) is 15.2 Å². The zero-order valence-corrected chi connectivity index (χ0v) is 11.6. The molecule has 1 aromatic heterocycles. The van der Waals surface area contributed by atoms with Crippen LogP contribution in [0.25, 0.3) is 11.3 Å². The zero-order chi connectivity index (χ0) is 14.4. The standard InChI is InChI=1S/C13H12N4O2S/c1-2-3-8-14-16-13-15-12(9-20-13)10-4-6-11(7-5-10)17(18)19/h2-7,9H,8H2,1H3. The normalized spacial score (nSPS) is 11.4. The molecule has 1 aromatic carbocycles. The fraction of sp³-hybridized carbons (Fsp3) is 0.154. The Balaban J connectivity index is 2.12. The number of nitro groups is 1. The number of hydrogen-bond acceptors (Lipinski definition) is 6. The van der Waals surface area contributed by atoms with Crippen LogP contribution in [-0.2, 0) is 0 Å². The second-order valence-corrected chi connectivity index (χ2v) is 4.65. The molecule has 2 rings (SSSR count). The van der Waals surface area contributed by atoms with Crippen molar-refractivity contribution in [3.63, 3.8) is 0 Å². The predicted molar refractivity (Wildman–Crippen MR) is 78.4 cm³/mol. The summed E-state index contributed by atoms with van der Waals surface area (Å²) in [6.07, 6.45) is 3.80. The van der Waals surface area contributed by atoms with Gasteiger partial charge in [-0.3, -0.25) is 10.1 Å². The number of nitro benzene ring substituents is 1. The highest BCUT2D eigenvalue weighted by molar-refractivity contribution is 7.13. The minimum Gasteiger partial charge on any atom is -0.258 e. The maximum Gasteiger partial charge on any atom is 0.269 e. The molecule has 0 aliphatic rings. The van der Waals surface area contributed by atoms with Crippen molar-refractivity contribution in [3.05, 3.63) is 51.9 Å². The van der Waals surface area contributed by atoms with Gasteiger partial charge in [0.25, 0.3) is 5.69 Å². The first-order chi connectivity index (χ1) is 9.70. The van der Waals surface area contributed by atoms with Gasteiger partial charge in [-0.25, -0.2) is 4.98 Å². The van der Waals surface area contributed by atoms with Crippen molar-refractivity contribution < 1.29 is 4.92 Å². The molecule has 6 nitrogen and oxygen atoms in total. The molecule has 0 fully saturated rings. The van der Waals surface area contributed by atoms with Crippen molar-refractivity contribution in [1.82, 2.24) is 4.98 Å². The fourth-order valence-electron chi connectivity index (χ4n) is 1.45. The van der Waals surface area contributed by atoms with Gasteiger partial charge in [0.2, 0.25) is 5.13 Å². The predicted octanol–water partition coefficient (Wildman–Crippen LogP) is 4.38. The zero-order valence-electron chi connectivity index (χ0n) is 10.8. The molecule has 0 bridgehead atoms. The number of allylic oxidation sites excluding steroid dienone is 1. The van der Waals surface area contributed by atoms with Gasteiger partial charge in [-0.2, -0.15) is 5.11 Å². The number of nitrogens with zero attached hydrogens (tertiary/aromatic N) is 4. The fourth-order valence-corrected chi connectivity index (χ4v) is 2.11. The smallest absolute Gasteiger partial charge is 0.258 e. The molecule has 0 unspecified atom stereocenters. The van der Waals surface area contributed by atoms with Crippen LogP contribution in [0.4, 0.5) is 10.8 Å². The summed E-state index contributed by atoms with van der Waals surface area (Å²) in [6.45, 7) is 2.45. The summed E-state index contributed by atoms with van der Waals surface area (Å²) in [7, 11) is 0. The number of benzene rings is 1. The Hall–Kier alpha value is -2.41. The first-order valence-electron chi connectivity index (χ1n) is 5.89. The van der Waals surface area contributed by atoms with E-state index in [1.54, 1.807) is 12.1 Å². The van der Waals surface area contributed by atoms with E-state index < -0.39 is 4.92 Å². The Bertz CT molecular complexity index is 647. The molecule has 0 saturated carbocycles. The van der Waals surface area contributed by atoms with E-state index in [1.807, 2.05) is 24.5 Å². The van der Waals surface area contributed by atoms with Crippen molar-refractivity contribution >= 4 is 22.2 Å². The van der Waals surface area contributed by atoms with E-state index in [0.29, 0.717) is 11.7 Å². The van der Waals surface area contributed by atoms with E-state index in [9.17, 15) is 10.1 Å². The van der Waals surface area contributed by atoms with E-state index >= 15 is 0 Å². The average Bonchev–Trinajstić information content (AvgIpc) is 2.92. The first-order valence-corrected chi connectivity index (χ1v) is 6.77. The van der Waals surface area contributed by atoms with Crippen LogP contribution in [0.1, 0.15) is 6.92 Å². The van der Waals surface area contributed by atoms with Gasteiger partial charge in [0.15, 0.2) is 0 Å². The topological polar surface area (TPSA) is 80.8 Å². The van der Waals surface area contributed by atoms with Gasteiger partial charge in [-0.1, -0.05) is 12.2 Å². The minimum absolute atomic E-state index is 0.0650. The molecule has 1 heterocycles. The van der Waals surface area contributed by atoms with Crippen molar-refractivity contribution in [2.24, 2.45) is 10.2 Å². The van der Waals surface area contributed by atoms with Crippen molar-refractivity contribution in [1.29, 1.82) is 0 Å². The molecule has 0 aliphatic carbocycles. The average molecular weight is 288 g/mol. The number of thiazole rings is 1. The molecule has 20 heavy (non-hydrogen) atoms. The number of aromatic nitrogens is 1. The lowest BCUT2D eigenvalue weighted by molar-refractivity contribution is -0.384. The number of rotatable bonds is 5. The lowest BCUT2D eigenvalue weighted by Crippen LogP contribution is -1.87. The van der Waals surface area contributed by atoms with Crippen LogP contribution >= 0.6 is 11.3 Å². The molecule has 0 aliphatic heterocycles. The van der Waals surface area contributed by atoms with Crippen LogP contribution in [0.2, 0.25) is 0 Å². The Kier molecular flexibility index (Phi) is 4.67. The molecule has 102 valence electrons. The van der Waals surface area contributed by atoms with E-state index in [1.165, 1.54) is 23.5 Å². The molecule has 0 N–H and O–H groups in total. The van der Waals surface area contributed by atoms with Crippen molar-refractivity contribution in [2.75, 3.05) is 6.54 Å². The van der Waals surface area contributed by atoms with Gasteiger partial charge < -0.3 is 0 Å². The minimum atomic E-state index is -0.425. The van der Waals surface area contributed by atoms with E-state index in [4.69, 9.17) is 0 Å². The molecule has 7 heteroatoms. The molecule has 0 spiro atoms. The lowest BCUT2D eigenvalue weighted by atomic mass is 10.1. The highest BCUT2D eigenvalue weighted by Gasteiger charge is 2.07. The number of azo groups is 1. The molecule has 0 radical (unpaired) electrons. The second kappa shape index (κ2) is 6.67. The monoisotopic (exact) mass is 288 g/mol. The van der Waals surface area contributed by atoms with Crippen molar-refractivity contribution in [2.45, 2.75) is 6.92 Å². The summed E-state index contributed by atoms with van der Waals surface area (Å²) < 4.78 is 0. The lowest BCUT2D eigenvalue weighted by Gasteiger charge is -1.95. The third-order valence-corrected chi connectivity index (χ3v) is 3.17. The summed E-state index contributed by atoms with van der Waals surface area (Å²) in [6, 6.07) is 6.27. The maximum absolute atomic E-state index is 10.6. The Morgan fingerprint density at radius 2 is 2.15 bits per heavy atom. The van der Waals surface area contributed by atoms with Crippen LogP contribution in [0.15, 0.2) is 52.0 Å². The summed E-state index contributed by atoms with van der Waals surface area (Å²) in [4.78, 5) is 14.5. The third-order valence-electron chi connectivity index (χ3n) is 2.44. The van der Waals surface area contributed by atoms with Gasteiger partial charge in [-0.05, 0) is 19.1 Å². The highest BCUT2D eigenvalue weighted by Crippen LogP contribution is 2.28. The van der Waals surface area contributed by atoms with Gasteiger partial charge in [0.1, 0.15) is 0 Å². The van der Waals surface area contributed by atoms with Crippen LogP contribution in [0.5, 0.6) is 0 Å². The third kappa shape index (κ3) is 3.55. The number of non-ortho nitro benzene ring substituents is 1. The van der Waals surface area contributed by atoms with Gasteiger partial charge in [0.05, 0.1) is 17.2 Å². The molecular formula is C13H12N4O2S. The summed E-state index contributed by atoms with van der Waals surface area (Å²) >= 11 is 1.38. The maximum atomic E-state index is 10.6. The molecule has 0 saturated heterocycles. The Morgan fingerprint density at radius 3 is 2.80 bits per heavy atom. The summed E-state index contributed by atoms with van der Waals surface area (Å²) in [5.41, 5.74) is 1.63. The van der Waals surface area contributed by atoms with Gasteiger partial charge in [0, 0.05) is 23.1 Å². The summed E-state index contributed by atoms with van der Waals surface area (Å²) in [5.74, 6) is 0. The van der Waals surface area contributed by atoms with E-state index in [-0.39, 0.29) is 5.69 Å². The molecule has 2 aromatic rings. The van der Waals surface area contributed by atoms with Crippen LogP contribution < -0.4 is 0 Å².